The largest absolute Gasteiger partial charge is 0.472 e. The van der Waals surface area contributed by atoms with Crippen molar-refractivity contribution in [2.24, 2.45) is 0 Å². The Labute approximate surface area is 136 Å². The van der Waals surface area contributed by atoms with Gasteiger partial charge >= 0.3 is 0 Å². The lowest BCUT2D eigenvalue weighted by Gasteiger charge is -2.11. The smallest absolute Gasteiger partial charge is 0.221 e. The molecule has 0 saturated heterocycles. The number of nitrogens with zero attached hydrogens (tertiary/aromatic N) is 1. The number of benzene rings is 2. The van der Waals surface area contributed by atoms with E-state index in [2.05, 4.69) is 20.9 Å². The molecule has 2 aromatic carbocycles. The molecule has 3 rings (SSSR count). The molecule has 0 N–H and O–H groups in total. The zero-order valence-corrected chi connectivity index (χ0v) is 13.6. The highest BCUT2D eigenvalue weighted by atomic mass is 79.9. The van der Waals surface area contributed by atoms with E-state index in [1.807, 2.05) is 48.5 Å². The average molecular weight is 363 g/mol. The number of alkyl halides is 1. The van der Waals surface area contributed by atoms with Crippen LogP contribution in [0.4, 0.5) is 0 Å². The van der Waals surface area contributed by atoms with Gasteiger partial charge in [0.25, 0.3) is 0 Å². The Kier molecular flexibility index (Phi) is 4.42. The van der Waals surface area contributed by atoms with Gasteiger partial charge in [-0.05, 0) is 23.1 Å². The molecule has 0 spiro atoms. The fourth-order valence-corrected chi connectivity index (χ4v) is 2.82. The lowest BCUT2D eigenvalue weighted by atomic mass is 10.1. The number of aromatic nitrogens is 1. The third-order valence-electron chi connectivity index (χ3n) is 3.31. The molecule has 0 radical (unpaired) electrons. The van der Waals surface area contributed by atoms with Gasteiger partial charge in [0.1, 0.15) is 6.61 Å². The van der Waals surface area contributed by atoms with Crippen LogP contribution in [0.2, 0.25) is 0 Å². The molecular formula is C17H13BrClNO. The van der Waals surface area contributed by atoms with Gasteiger partial charge in [-0.2, -0.15) is 0 Å². The van der Waals surface area contributed by atoms with Gasteiger partial charge in [0, 0.05) is 27.5 Å². The molecule has 0 aliphatic heterocycles. The third-order valence-corrected chi connectivity index (χ3v) is 4.37. The van der Waals surface area contributed by atoms with Gasteiger partial charge in [-0.3, -0.25) is 0 Å². The maximum atomic E-state index is 5.96. The highest BCUT2D eigenvalue weighted by Gasteiger charge is 2.08. The Morgan fingerprint density at radius 3 is 2.43 bits per heavy atom. The number of fused-ring (bicyclic) bond motifs is 1. The SMILES string of the molecule is ClCc1cnc(OCc2ccccc2Br)c2ccccc12. The van der Waals surface area contributed by atoms with Crippen molar-refractivity contribution in [1.29, 1.82) is 0 Å². The van der Waals surface area contributed by atoms with Gasteiger partial charge < -0.3 is 4.74 Å². The monoisotopic (exact) mass is 361 g/mol. The lowest BCUT2D eigenvalue weighted by molar-refractivity contribution is 0.297. The minimum absolute atomic E-state index is 0.442. The minimum Gasteiger partial charge on any atom is -0.472 e. The normalized spacial score (nSPS) is 10.8. The first-order valence-corrected chi connectivity index (χ1v) is 7.91. The van der Waals surface area contributed by atoms with E-state index in [9.17, 15) is 0 Å². The first-order valence-electron chi connectivity index (χ1n) is 6.58. The van der Waals surface area contributed by atoms with E-state index >= 15 is 0 Å². The zero-order chi connectivity index (χ0) is 14.7. The van der Waals surface area contributed by atoms with Crippen LogP contribution < -0.4 is 4.74 Å². The van der Waals surface area contributed by atoms with Crippen molar-refractivity contribution in [3.8, 4) is 5.88 Å². The van der Waals surface area contributed by atoms with Crippen LogP contribution in [-0.4, -0.2) is 4.98 Å². The predicted octanol–water partition coefficient (Wildman–Crippen LogP) is 5.32. The Morgan fingerprint density at radius 2 is 1.67 bits per heavy atom. The summed E-state index contributed by atoms with van der Waals surface area (Å²) in [4.78, 5) is 4.40. The van der Waals surface area contributed by atoms with E-state index in [4.69, 9.17) is 16.3 Å². The van der Waals surface area contributed by atoms with Crippen LogP contribution in [0.15, 0.2) is 59.2 Å². The van der Waals surface area contributed by atoms with Gasteiger partial charge in [-0.1, -0.05) is 52.3 Å². The van der Waals surface area contributed by atoms with Crippen molar-refractivity contribution in [3.63, 3.8) is 0 Å². The van der Waals surface area contributed by atoms with E-state index in [-0.39, 0.29) is 0 Å². The van der Waals surface area contributed by atoms with E-state index < -0.39 is 0 Å². The van der Waals surface area contributed by atoms with Gasteiger partial charge in [0.05, 0.1) is 0 Å². The molecule has 0 amide bonds. The maximum Gasteiger partial charge on any atom is 0.221 e. The summed E-state index contributed by atoms with van der Waals surface area (Å²) in [5, 5.41) is 2.08. The Morgan fingerprint density at radius 1 is 0.952 bits per heavy atom. The summed E-state index contributed by atoms with van der Waals surface area (Å²) in [7, 11) is 0. The summed E-state index contributed by atoms with van der Waals surface area (Å²) in [6.07, 6.45) is 1.78. The molecule has 0 unspecified atom stereocenters. The van der Waals surface area contributed by atoms with Gasteiger partial charge in [-0.15, -0.1) is 11.6 Å². The van der Waals surface area contributed by atoms with Crippen molar-refractivity contribution in [2.45, 2.75) is 12.5 Å². The molecule has 2 nitrogen and oxygen atoms in total. The van der Waals surface area contributed by atoms with E-state index in [1.54, 1.807) is 6.20 Å². The van der Waals surface area contributed by atoms with Crippen molar-refractivity contribution < 1.29 is 4.74 Å². The maximum absolute atomic E-state index is 5.96. The standard InChI is InChI=1S/C17H13BrClNO/c18-16-8-4-1-5-12(16)11-21-17-15-7-3-2-6-14(15)13(9-19)10-20-17/h1-8,10H,9,11H2. The van der Waals surface area contributed by atoms with Crippen molar-refractivity contribution in [1.82, 2.24) is 4.98 Å². The van der Waals surface area contributed by atoms with Crippen molar-refractivity contribution in [2.75, 3.05) is 0 Å². The van der Waals surface area contributed by atoms with Crippen LogP contribution >= 0.6 is 27.5 Å². The van der Waals surface area contributed by atoms with Crippen LogP contribution in [0.25, 0.3) is 10.8 Å². The van der Waals surface area contributed by atoms with Crippen LogP contribution in [-0.2, 0) is 12.5 Å². The van der Waals surface area contributed by atoms with E-state index in [0.717, 1.165) is 26.4 Å². The second kappa shape index (κ2) is 6.46. The summed E-state index contributed by atoms with van der Waals surface area (Å²) in [5.41, 5.74) is 2.10. The molecule has 4 heteroatoms. The second-order valence-electron chi connectivity index (χ2n) is 4.65. The second-order valence-corrected chi connectivity index (χ2v) is 5.77. The summed E-state index contributed by atoms with van der Waals surface area (Å²) in [6.45, 7) is 0.471. The highest BCUT2D eigenvalue weighted by Crippen LogP contribution is 2.28. The number of hydrogen-bond donors (Lipinski definition) is 0. The molecule has 1 aromatic heterocycles. The molecule has 0 fully saturated rings. The van der Waals surface area contributed by atoms with Gasteiger partial charge in [-0.25, -0.2) is 4.98 Å². The first kappa shape index (κ1) is 14.4. The fourth-order valence-electron chi connectivity index (χ4n) is 2.21. The quantitative estimate of drug-likeness (QED) is 0.586. The molecule has 3 aromatic rings. The molecule has 1 heterocycles. The Balaban J connectivity index is 1.93. The van der Waals surface area contributed by atoms with Crippen LogP contribution in [0, 0.1) is 0 Å². The molecule has 0 aliphatic rings. The average Bonchev–Trinajstić information content (AvgIpc) is 2.54. The van der Waals surface area contributed by atoms with Gasteiger partial charge in [0.2, 0.25) is 5.88 Å². The molecule has 0 atom stereocenters. The third kappa shape index (κ3) is 3.04. The molecule has 21 heavy (non-hydrogen) atoms. The van der Waals surface area contributed by atoms with E-state index in [0.29, 0.717) is 18.4 Å². The van der Waals surface area contributed by atoms with Crippen LogP contribution in [0.1, 0.15) is 11.1 Å². The predicted molar refractivity (Wildman–Crippen MR) is 89.8 cm³/mol. The molecule has 0 saturated carbocycles. The summed E-state index contributed by atoms with van der Waals surface area (Å²) >= 11 is 9.49. The summed E-state index contributed by atoms with van der Waals surface area (Å²) in [6, 6.07) is 16.0. The van der Waals surface area contributed by atoms with Crippen molar-refractivity contribution in [3.05, 3.63) is 70.3 Å². The summed E-state index contributed by atoms with van der Waals surface area (Å²) in [5.74, 6) is 1.08. The first-order chi connectivity index (χ1) is 10.3. The topological polar surface area (TPSA) is 22.1 Å². The Bertz CT molecular complexity index is 776. The minimum atomic E-state index is 0.442. The van der Waals surface area contributed by atoms with E-state index in [1.165, 1.54) is 0 Å². The summed E-state index contributed by atoms with van der Waals surface area (Å²) < 4.78 is 6.94. The Hall–Kier alpha value is -1.58. The molecule has 106 valence electrons. The van der Waals surface area contributed by atoms with Crippen molar-refractivity contribution >= 4 is 38.3 Å². The number of rotatable bonds is 4. The number of hydrogen-bond acceptors (Lipinski definition) is 2. The zero-order valence-electron chi connectivity index (χ0n) is 11.2. The number of pyridine rings is 1. The molecular weight excluding hydrogens is 350 g/mol. The fraction of sp³-hybridized carbons (Fsp3) is 0.118. The molecule has 0 bridgehead atoms. The lowest BCUT2D eigenvalue weighted by Crippen LogP contribution is -1.99. The van der Waals surface area contributed by atoms with Gasteiger partial charge in [0.15, 0.2) is 0 Å². The van der Waals surface area contributed by atoms with Crippen LogP contribution in [0.5, 0.6) is 5.88 Å². The van der Waals surface area contributed by atoms with Crippen LogP contribution in [0.3, 0.4) is 0 Å². The molecule has 0 aliphatic carbocycles. The number of halogens is 2. The highest BCUT2D eigenvalue weighted by molar-refractivity contribution is 9.10. The number of ether oxygens (including phenoxy) is 1.